The largest absolute Gasteiger partial charge is 0.490 e. The number of nitrogens with zero attached hydrogens (tertiary/aromatic N) is 1. The molecule has 10 heteroatoms. The monoisotopic (exact) mass is 434 g/mol. The lowest BCUT2D eigenvalue weighted by Crippen LogP contribution is -2.35. The van der Waals surface area contributed by atoms with E-state index >= 15 is 0 Å². The Morgan fingerprint density at radius 2 is 1.50 bits per heavy atom. The number of hydrogen-bond donors (Lipinski definition) is 1. The van der Waals surface area contributed by atoms with Crippen molar-refractivity contribution < 1.29 is 32.2 Å². The smallest absolute Gasteiger partial charge is 0.243 e. The van der Waals surface area contributed by atoms with E-state index in [2.05, 4.69) is 5.32 Å². The highest BCUT2D eigenvalue weighted by atomic mass is 32.2. The SMILES string of the molecule is CN(CC(=O)Nc1ccc2c(c1)OCCO2)S(=O)(=O)c1ccc2c(c1)OCCCO2. The number of sulfonamides is 1. The van der Waals surface area contributed by atoms with E-state index in [0.717, 1.165) is 10.7 Å². The number of carbonyl (C=O) groups excluding carboxylic acids is 1. The second-order valence-corrected chi connectivity index (χ2v) is 8.87. The Morgan fingerprint density at radius 1 is 0.900 bits per heavy atom. The molecular weight excluding hydrogens is 412 g/mol. The fraction of sp³-hybridized carbons (Fsp3) is 0.350. The maximum atomic E-state index is 12.9. The van der Waals surface area contributed by atoms with Gasteiger partial charge in [-0.2, -0.15) is 4.31 Å². The van der Waals surface area contributed by atoms with E-state index < -0.39 is 15.9 Å². The second kappa shape index (κ2) is 8.41. The van der Waals surface area contributed by atoms with Gasteiger partial charge in [-0.1, -0.05) is 0 Å². The fourth-order valence-corrected chi connectivity index (χ4v) is 4.24. The van der Waals surface area contributed by atoms with Crippen molar-refractivity contribution in [3.05, 3.63) is 36.4 Å². The highest BCUT2D eigenvalue weighted by molar-refractivity contribution is 7.89. The summed E-state index contributed by atoms with van der Waals surface area (Å²) >= 11 is 0. The summed E-state index contributed by atoms with van der Waals surface area (Å²) in [7, 11) is -2.54. The molecule has 0 aliphatic carbocycles. The van der Waals surface area contributed by atoms with Gasteiger partial charge in [0.25, 0.3) is 0 Å². The number of rotatable bonds is 5. The first-order chi connectivity index (χ1) is 14.4. The molecule has 0 saturated heterocycles. The van der Waals surface area contributed by atoms with Gasteiger partial charge in [-0.3, -0.25) is 4.79 Å². The number of ether oxygens (including phenoxy) is 4. The molecule has 2 aromatic rings. The zero-order valence-corrected chi connectivity index (χ0v) is 17.2. The van der Waals surface area contributed by atoms with Gasteiger partial charge in [-0.25, -0.2) is 8.42 Å². The average Bonchev–Trinajstić information content (AvgIpc) is 2.98. The fourth-order valence-electron chi connectivity index (χ4n) is 3.09. The van der Waals surface area contributed by atoms with Crippen LogP contribution in [0.1, 0.15) is 6.42 Å². The van der Waals surface area contributed by atoms with Crippen LogP contribution in [-0.4, -0.2) is 58.7 Å². The van der Waals surface area contributed by atoms with Crippen LogP contribution in [0.2, 0.25) is 0 Å². The first-order valence-electron chi connectivity index (χ1n) is 9.49. The van der Waals surface area contributed by atoms with Crippen LogP contribution in [0.4, 0.5) is 5.69 Å². The minimum absolute atomic E-state index is 0.0291. The van der Waals surface area contributed by atoms with E-state index in [1.54, 1.807) is 24.3 Å². The summed E-state index contributed by atoms with van der Waals surface area (Å²) in [6.07, 6.45) is 0.719. The van der Waals surface area contributed by atoms with Gasteiger partial charge in [-0.05, 0) is 24.3 Å². The number of amides is 1. The number of nitrogens with one attached hydrogen (secondary N) is 1. The molecule has 2 aromatic carbocycles. The molecular formula is C20H22N2O7S. The van der Waals surface area contributed by atoms with Crippen molar-refractivity contribution >= 4 is 21.6 Å². The molecule has 0 saturated carbocycles. The van der Waals surface area contributed by atoms with E-state index in [1.165, 1.54) is 19.2 Å². The van der Waals surface area contributed by atoms with Crippen LogP contribution < -0.4 is 24.3 Å². The first kappa shape index (κ1) is 20.3. The Labute approximate surface area is 174 Å². The minimum Gasteiger partial charge on any atom is -0.490 e. The molecule has 4 rings (SSSR count). The van der Waals surface area contributed by atoms with Gasteiger partial charge in [0.2, 0.25) is 15.9 Å². The molecule has 0 unspecified atom stereocenters. The lowest BCUT2D eigenvalue weighted by Gasteiger charge is -2.20. The lowest BCUT2D eigenvalue weighted by molar-refractivity contribution is -0.116. The highest BCUT2D eigenvalue weighted by Crippen LogP contribution is 2.33. The summed E-state index contributed by atoms with van der Waals surface area (Å²) in [5.74, 6) is 1.54. The van der Waals surface area contributed by atoms with Crippen molar-refractivity contribution in [2.24, 2.45) is 0 Å². The minimum atomic E-state index is -3.89. The van der Waals surface area contributed by atoms with Crippen LogP contribution in [-0.2, 0) is 14.8 Å². The van der Waals surface area contributed by atoms with E-state index in [-0.39, 0.29) is 11.4 Å². The van der Waals surface area contributed by atoms with Crippen molar-refractivity contribution in [2.75, 3.05) is 45.3 Å². The van der Waals surface area contributed by atoms with Crippen LogP contribution in [0, 0.1) is 0 Å². The van der Waals surface area contributed by atoms with Crippen LogP contribution in [0.3, 0.4) is 0 Å². The Morgan fingerprint density at radius 3 is 2.27 bits per heavy atom. The van der Waals surface area contributed by atoms with Crippen LogP contribution in [0.15, 0.2) is 41.3 Å². The molecule has 0 atom stereocenters. The maximum absolute atomic E-state index is 12.9. The van der Waals surface area contributed by atoms with Crippen molar-refractivity contribution in [3.8, 4) is 23.0 Å². The third kappa shape index (κ3) is 4.29. The third-order valence-electron chi connectivity index (χ3n) is 4.62. The van der Waals surface area contributed by atoms with E-state index in [1.807, 2.05) is 0 Å². The molecule has 0 fully saturated rings. The topological polar surface area (TPSA) is 103 Å². The number of hydrogen-bond acceptors (Lipinski definition) is 7. The zero-order valence-electron chi connectivity index (χ0n) is 16.4. The molecule has 2 heterocycles. The van der Waals surface area contributed by atoms with E-state index in [0.29, 0.717) is 55.1 Å². The third-order valence-corrected chi connectivity index (χ3v) is 6.42. The van der Waals surface area contributed by atoms with Crippen LogP contribution in [0.25, 0.3) is 0 Å². The Balaban J connectivity index is 1.44. The predicted molar refractivity (Wildman–Crippen MR) is 108 cm³/mol. The number of fused-ring (bicyclic) bond motifs is 2. The van der Waals surface area contributed by atoms with Gasteiger partial charge in [0.05, 0.1) is 24.7 Å². The van der Waals surface area contributed by atoms with Crippen molar-refractivity contribution in [1.29, 1.82) is 0 Å². The summed E-state index contributed by atoms with van der Waals surface area (Å²) in [4.78, 5) is 12.4. The number of carbonyl (C=O) groups is 1. The van der Waals surface area contributed by atoms with Gasteiger partial charge in [0.1, 0.15) is 13.2 Å². The van der Waals surface area contributed by atoms with Crippen LogP contribution in [0.5, 0.6) is 23.0 Å². The zero-order chi connectivity index (χ0) is 21.1. The van der Waals surface area contributed by atoms with Gasteiger partial charge >= 0.3 is 0 Å². The predicted octanol–water partition coefficient (Wildman–Crippen LogP) is 1.88. The summed E-state index contributed by atoms with van der Waals surface area (Å²) in [6, 6.07) is 9.44. The van der Waals surface area contributed by atoms with Crippen molar-refractivity contribution in [1.82, 2.24) is 4.31 Å². The van der Waals surface area contributed by atoms with Gasteiger partial charge < -0.3 is 24.3 Å². The molecule has 2 aliphatic heterocycles. The lowest BCUT2D eigenvalue weighted by atomic mass is 10.2. The molecule has 9 nitrogen and oxygen atoms in total. The molecule has 0 radical (unpaired) electrons. The maximum Gasteiger partial charge on any atom is 0.243 e. The number of benzene rings is 2. The number of anilines is 1. The molecule has 0 spiro atoms. The quantitative estimate of drug-likeness (QED) is 0.766. The molecule has 160 valence electrons. The van der Waals surface area contributed by atoms with E-state index in [4.69, 9.17) is 18.9 Å². The normalized spacial score (nSPS) is 15.4. The Kier molecular flexibility index (Phi) is 5.69. The van der Waals surface area contributed by atoms with Gasteiger partial charge in [0.15, 0.2) is 23.0 Å². The molecule has 1 amide bonds. The van der Waals surface area contributed by atoms with Gasteiger partial charge in [-0.15, -0.1) is 0 Å². The van der Waals surface area contributed by atoms with Crippen molar-refractivity contribution in [3.63, 3.8) is 0 Å². The van der Waals surface area contributed by atoms with Crippen LogP contribution >= 0.6 is 0 Å². The summed E-state index contributed by atoms with van der Waals surface area (Å²) in [5.41, 5.74) is 0.491. The standard InChI is InChI=1S/C20H22N2O7S/c1-22(13-20(23)21-14-3-5-16-18(11-14)29-10-9-28-16)30(24,25)15-4-6-17-19(12-15)27-8-2-7-26-17/h3-6,11-12H,2,7-10,13H2,1H3,(H,21,23). The summed E-state index contributed by atoms with van der Waals surface area (Å²) in [6.45, 7) is 1.51. The molecule has 0 aromatic heterocycles. The van der Waals surface area contributed by atoms with E-state index in [9.17, 15) is 13.2 Å². The highest BCUT2D eigenvalue weighted by Gasteiger charge is 2.25. The molecule has 2 aliphatic rings. The average molecular weight is 434 g/mol. The van der Waals surface area contributed by atoms with Crippen molar-refractivity contribution in [2.45, 2.75) is 11.3 Å². The molecule has 0 bridgehead atoms. The summed E-state index contributed by atoms with van der Waals surface area (Å²) in [5, 5.41) is 2.68. The second-order valence-electron chi connectivity index (χ2n) is 6.83. The first-order valence-corrected chi connectivity index (χ1v) is 10.9. The molecule has 1 N–H and O–H groups in total. The molecule has 30 heavy (non-hydrogen) atoms. The van der Waals surface area contributed by atoms with Gasteiger partial charge in [0, 0.05) is 31.3 Å². The summed E-state index contributed by atoms with van der Waals surface area (Å²) < 4.78 is 48.8. The Bertz CT molecular complexity index is 1060. The number of likely N-dealkylation sites (N-methyl/N-ethyl adjacent to an activating group) is 1. The Hall–Kier alpha value is -2.98.